The van der Waals surface area contributed by atoms with Crippen LogP contribution in [0, 0.1) is 11.7 Å². The molecule has 5 rings (SSSR count). The van der Waals surface area contributed by atoms with Crippen LogP contribution in [-0.2, 0) is 17.8 Å². The van der Waals surface area contributed by atoms with E-state index in [0.29, 0.717) is 42.2 Å². The first-order chi connectivity index (χ1) is 22.6. The van der Waals surface area contributed by atoms with Crippen molar-refractivity contribution >= 4 is 28.9 Å². The number of hydrogen-bond donors (Lipinski definition) is 2. The number of nitrogens with one attached hydrogen (secondary N) is 1. The van der Waals surface area contributed by atoms with Crippen molar-refractivity contribution < 1.29 is 23.8 Å². The van der Waals surface area contributed by atoms with Crippen LogP contribution in [0.3, 0.4) is 0 Å². The second-order valence-electron chi connectivity index (χ2n) is 12.4. The number of amides is 2. The first kappa shape index (κ1) is 33.6. The van der Waals surface area contributed by atoms with Crippen molar-refractivity contribution in [2.75, 3.05) is 44.0 Å². The molecule has 47 heavy (non-hydrogen) atoms. The Hall–Kier alpha value is -4.73. The van der Waals surface area contributed by atoms with Crippen LogP contribution in [0.2, 0.25) is 0 Å². The van der Waals surface area contributed by atoms with Gasteiger partial charge in [-0.1, -0.05) is 55.5 Å². The zero-order valence-electron chi connectivity index (χ0n) is 27.4. The molecule has 8 nitrogen and oxygen atoms in total. The van der Waals surface area contributed by atoms with E-state index in [0.717, 1.165) is 16.9 Å². The largest absolute Gasteiger partial charge is 0.486 e. The third-order valence-electron chi connectivity index (χ3n) is 8.65. The third-order valence-corrected chi connectivity index (χ3v) is 8.65. The minimum absolute atomic E-state index is 0.0358. The molecule has 2 N–H and O–H groups in total. The number of aliphatic hydroxyl groups excluding tert-OH is 1. The van der Waals surface area contributed by atoms with Crippen LogP contribution in [0.15, 0.2) is 97.1 Å². The lowest BCUT2D eigenvalue weighted by Crippen LogP contribution is -2.49. The highest BCUT2D eigenvalue weighted by Gasteiger charge is 2.34. The molecule has 9 heteroatoms. The zero-order valence-corrected chi connectivity index (χ0v) is 27.4. The number of likely N-dealkylation sites (N-methyl/N-ethyl adjacent to an activating group) is 1. The smallest absolute Gasteiger partial charge is 0.258 e. The Kier molecular flexibility index (Phi) is 10.9. The van der Waals surface area contributed by atoms with Gasteiger partial charge in [0.1, 0.15) is 11.9 Å². The maximum Gasteiger partial charge on any atom is 0.258 e. The van der Waals surface area contributed by atoms with Crippen molar-refractivity contribution in [1.82, 2.24) is 9.80 Å². The predicted octanol–water partition coefficient (Wildman–Crippen LogP) is 6.13. The summed E-state index contributed by atoms with van der Waals surface area (Å²) in [5, 5.41) is 12.9. The van der Waals surface area contributed by atoms with E-state index in [4.69, 9.17) is 4.74 Å². The van der Waals surface area contributed by atoms with E-state index >= 15 is 0 Å². The molecular formula is C38H43FN4O4. The van der Waals surface area contributed by atoms with Gasteiger partial charge in [-0.15, -0.1) is 0 Å². The van der Waals surface area contributed by atoms with E-state index in [1.807, 2.05) is 46.1 Å². The summed E-state index contributed by atoms with van der Waals surface area (Å²) in [7, 11) is 4.09. The highest BCUT2D eigenvalue weighted by atomic mass is 19.1. The van der Waals surface area contributed by atoms with Gasteiger partial charge in [0.15, 0.2) is 5.75 Å². The number of benzene rings is 4. The number of ether oxygens (including phenoxy) is 1. The van der Waals surface area contributed by atoms with Crippen LogP contribution in [0.25, 0.3) is 0 Å². The summed E-state index contributed by atoms with van der Waals surface area (Å²) in [6.45, 7) is 5.32. The fraction of sp³-hybridized carbons (Fsp3) is 0.316. The van der Waals surface area contributed by atoms with E-state index in [2.05, 4.69) is 51.5 Å². The quantitative estimate of drug-likeness (QED) is 0.206. The molecular weight excluding hydrogens is 595 g/mol. The number of hydrogen-bond acceptors (Lipinski definition) is 6. The highest BCUT2D eigenvalue weighted by molar-refractivity contribution is 6.02. The zero-order chi connectivity index (χ0) is 33.5. The van der Waals surface area contributed by atoms with Gasteiger partial charge < -0.3 is 25.0 Å². The number of rotatable bonds is 11. The van der Waals surface area contributed by atoms with E-state index in [1.165, 1.54) is 12.1 Å². The minimum Gasteiger partial charge on any atom is -0.486 e. The average molecular weight is 639 g/mol. The Morgan fingerprint density at radius 3 is 2.30 bits per heavy atom. The molecule has 0 fully saturated rings. The normalized spacial score (nSPS) is 16.9. The van der Waals surface area contributed by atoms with Crippen LogP contribution in [0.4, 0.5) is 21.5 Å². The maximum absolute atomic E-state index is 13.8. The van der Waals surface area contributed by atoms with E-state index < -0.39 is 6.04 Å². The van der Waals surface area contributed by atoms with Gasteiger partial charge in [-0.05, 0) is 73.6 Å². The lowest BCUT2D eigenvalue weighted by atomic mass is 9.98. The number of anilines is 3. The Balaban J connectivity index is 1.35. The van der Waals surface area contributed by atoms with Crippen molar-refractivity contribution in [2.45, 2.75) is 39.0 Å². The van der Waals surface area contributed by atoms with Gasteiger partial charge in [0.05, 0.1) is 30.3 Å². The van der Waals surface area contributed by atoms with E-state index in [-0.39, 0.29) is 42.7 Å². The van der Waals surface area contributed by atoms with Gasteiger partial charge in [0.2, 0.25) is 5.91 Å². The molecule has 0 aromatic heterocycles. The SMILES string of the molecule is CC(CO)N1C[C@@H](C)[C@@H](CN(C)Cc2ccc(N(C)c3ccccc3)cc2)Oc2c(NC(=O)Cc3ccc(F)cc3)cccc2C1=O. The molecule has 1 aliphatic heterocycles. The number of fused-ring (bicyclic) bond motifs is 1. The Bertz CT molecular complexity index is 1650. The van der Waals surface area contributed by atoms with Crippen LogP contribution in [0.1, 0.15) is 35.3 Å². The number of nitrogens with zero attached hydrogens (tertiary/aromatic N) is 3. The summed E-state index contributed by atoms with van der Waals surface area (Å²) < 4.78 is 20.1. The topological polar surface area (TPSA) is 85.3 Å². The summed E-state index contributed by atoms with van der Waals surface area (Å²) in [5.41, 5.74) is 4.73. The maximum atomic E-state index is 13.8. The summed E-state index contributed by atoms with van der Waals surface area (Å²) in [4.78, 5) is 32.9. The second kappa shape index (κ2) is 15.2. The average Bonchev–Trinajstić information content (AvgIpc) is 3.07. The Morgan fingerprint density at radius 1 is 0.957 bits per heavy atom. The number of carbonyl (C=O) groups is 2. The van der Waals surface area contributed by atoms with Crippen LogP contribution >= 0.6 is 0 Å². The van der Waals surface area contributed by atoms with Gasteiger partial charge in [-0.2, -0.15) is 0 Å². The summed E-state index contributed by atoms with van der Waals surface area (Å²) in [6, 6.07) is 29.2. The van der Waals surface area contributed by atoms with E-state index in [1.54, 1.807) is 35.2 Å². The minimum atomic E-state index is -0.404. The molecule has 4 aromatic carbocycles. The van der Waals surface area contributed by atoms with E-state index in [9.17, 15) is 19.1 Å². The van der Waals surface area contributed by atoms with Gasteiger partial charge in [-0.25, -0.2) is 4.39 Å². The highest BCUT2D eigenvalue weighted by Crippen LogP contribution is 2.35. The van der Waals surface area contributed by atoms with Gasteiger partial charge >= 0.3 is 0 Å². The molecule has 0 spiro atoms. The standard InChI is InChI=1S/C38H43FN4O4/c1-26-22-43(27(2)25-44)38(46)33-11-8-12-34(40-36(45)21-28-13-17-30(39)18-14-28)37(33)47-35(26)24-41(3)23-29-15-19-32(20-16-29)42(4)31-9-6-5-7-10-31/h5-20,26-27,35,44H,21-25H2,1-4H3,(H,40,45)/t26-,27?,35-/m1/s1. The molecule has 0 aliphatic carbocycles. The molecule has 4 aromatic rings. The van der Waals surface area contributed by atoms with Crippen LogP contribution < -0.4 is 15.0 Å². The van der Waals surface area contributed by atoms with Gasteiger partial charge in [0.25, 0.3) is 5.91 Å². The number of halogens is 1. The van der Waals surface area contributed by atoms with Crippen molar-refractivity contribution in [3.8, 4) is 5.75 Å². The predicted molar refractivity (Wildman–Crippen MR) is 184 cm³/mol. The summed E-state index contributed by atoms with van der Waals surface area (Å²) in [6.07, 6.45) is -0.299. The number of carbonyl (C=O) groups excluding carboxylic acids is 2. The molecule has 1 unspecified atom stereocenters. The molecule has 0 radical (unpaired) electrons. The number of aliphatic hydroxyl groups is 1. The first-order valence-electron chi connectivity index (χ1n) is 15.9. The molecule has 0 bridgehead atoms. The fourth-order valence-electron chi connectivity index (χ4n) is 5.85. The lowest BCUT2D eigenvalue weighted by Gasteiger charge is -2.38. The molecule has 1 heterocycles. The number of para-hydroxylation sites is 2. The van der Waals surface area contributed by atoms with Crippen LogP contribution in [0.5, 0.6) is 5.75 Å². The molecule has 1 aliphatic rings. The van der Waals surface area contributed by atoms with Crippen LogP contribution in [-0.4, -0.2) is 72.7 Å². The van der Waals surface area contributed by atoms with Crippen molar-refractivity contribution in [2.24, 2.45) is 5.92 Å². The molecule has 0 saturated heterocycles. The second-order valence-corrected chi connectivity index (χ2v) is 12.4. The molecule has 246 valence electrons. The molecule has 2 amide bonds. The Labute approximate surface area is 276 Å². The fourth-order valence-corrected chi connectivity index (χ4v) is 5.85. The molecule has 0 saturated carbocycles. The van der Waals surface area contributed by atoms with Gasteiger partial charge in [0, 0.05) is 44.0 Å². The monoisotopic (exact) mass is 638 g/mol. The van der Waals surface area contributed by atoms with Crippen molar-refractivity contribution in [1.29, 1.82) is 0 Å². The van der Waals surface area contributed by atoms with Crippen molar-refractivity contribution in [3.05, 3.63) is 120 Å². The first-order valence-corrected chi connectivity index (χ1v) is 15.9. The lowest BCUT2D eigenvalue weighted by molar-refractivity contribution is -0.115. The molecule has 3 atom stereocenters. The third kappa shape index (κ3) is 8.36. The Morgan fingerprint density at radius 2 is 1.62 bits per heavy atom. The van der Waals surface area contributed by atoms with Crippen molar-refractivity contribution in [3.63, 3.8) is 0 Å². The summed E-state index contributed by atoms with van der Waals surface area (Å²) >= 11 is 0. The van der Waals surface area contributed by atoms with Gasteiger partial charge in [-0.3, -0.25) is 14.5 Å². The summed E-state index contributed by atoms with van der Waals surface area (Å²) in [5.74, 6) is -0.737.